The Morgan fingerprint density at radius 1 is 1.00 bits per heavy atom. The Bertz CT molecular complexity index is 466. The van der Waals surface area contributed by atoms with E-state index in [4.69, 9.17) is 4.74 Å². The second-order valence-corrected chi connectivity index (χ2v) is 3.32. The Morgan fingerprint density at radius 3 is 2.31 bits per heavy atom. The minimum atomic E-state index is -0.407. The molecule has 0 aliphatic rings. The summed E-state index contributed by atoms with van der Waals surface area (Å²) in [5.41, 5.74) is 0.681. The van der Waals surface area contributed by atoms with E-state index in [1.165, 1.54) is 6.07 Å². The molecule has 0 aromatic heterocycles. The zero-order chi connectivity index (χ0) is 11.4. The number of hydrogen-bond acceptors (Lipinski definition) is 1. The number of ether oxygens (including phenoxy) is 1. The number of rotatable bonds is 3. The van der Waals surface area contributed by atoms with Gasteiger partial charge in [-0.05, 0) is 29.8 Å². The van der Waals surface area contributed by atoms with Crippen LogP contribution >= 0.6 is 0 Å². The van der Waals surface area contributed by atoms with Gasteiger partial charge in [0.05, 0.1) is 0 Å². The van der Waals surface area contributed by atoms with Crippen molar-refractivity contribution >= 4 is 0 Å². The largest absolute Gasteiger partial charge is 0.454 e. The second kappa shape index (κ2) is 4.77. The highest BCUT2D eigenvalue weighted by Crippen LogP contribution is 2.24. The van der Waals surface area contributed by atoms with Gasteiger partial charge < -0.3 is 4.74 Å². The molecule has 16 heavy (non-hydrogen) atoms. The van der Waals surface area contributed by atoms with Gasteiger partial charge in [-0.3, -0.25) is 0 Å². The van der Waals surface area contributed by atoms with Crippen molar-refractivity contribution in [2.24, 2.45) is 0 Å². The summed E-state index contributed by atoms with van der Waals surface area (Å²) in [7, 11) is 0. The third kappa shape index (κ3) is 2.38. The number of benzene rings is 2. The van der Waals surface area contributed by atoms with Gasteiger partial charge in [-0.15, -0.1) is 0 Å². The van der Waals surface area contributed by atoms with Gasteiger partial charge >= 0.3 is 0 Å². The normalized spacial score (nSPS) is 10.1. The zero-order valence-corrected chi connectivity index (χ0v) is 8.52. The van der Waals surface area contributed by atoms with E-state index < -0.39 is 5.82 Å². The van der Waals surface area contributed by atoms with E-state index in [0.29, 0.717) is 11.3 Å². The first kappa shape index (κ1) is 10.6. The molecule has 0 N–H and O–H groups in total. The van der Waals surface area contributed by atoms with Gasteiger partial charge in [0.1, 0.15) is 12.4 Å². The second-order valence-electron chi connectivity index (χ2n) is 3.32. The molecule has 0 amide bonds. The van der Waals surface area contributed by atoms with Crippen molar-refractivity contribution in [3.05, 3.63) is 59.9 Å². The van der Waals surface area contributed by atoms with Crippen LogP contribution in [0.5, 0.6) is 11.5 Å². The lowest BCUT2D eigenvalue weighted by Crippen LogP contribution is -1.88. The molecule has 81 valence electrons. The molecule has 0 unspecified atom stereocenters. The Morgan fingerprint density at radius 2 is 1.69 bits per heavy atom. The number of halogens is 1. The molecule has 2 aromatic rings. The molecule has 2 aromatic carbocycles. The maximum atomic E-state index is 13.2. The predicted octanol–water partition coefficient (Wildman–Crippen LogP) is 3.55. The summed E-state index contributed by atoms with van der Waals surface area (Å²) in [4.78, 5) is 0. The van der Waals surface area contributed by atoms with Gasteiger partial charge in [0.2, 0.25) is 0 Å². The highest BCUT2D eigenvalue weighted by Gasteiger charge is 2.02. The van der Waals surface area contributed by atoms with Crippen LogP contribution in [-0.4, -0.2) is 0 Å². The van der Waals surface area contributed by atoms with E-state index in [-0.39, 0.29) is 12.4 Å². The first-order valence-electron chi connectivity index (χ1n) is 4.89. The fraction of sp³-hybridized carbons (Fsp3) is 0.0769. The first-order chi connectivity index (χ1) is 7.79. The Kier molecular flexibility index (Phi) is 3.17. The molecule has 2 rings (SSSR count). The highest BCUT2D eigenvalue weighted by atomic mass is 19.1. The summed E-state index contributed by atoms with van der Waals surface area (Å²) >= 11 is 0. The van der Waals surface area contributed by atoms with E-state index in [1.807, 2.05) is 0 Å². The Hall–Kier alpha value is -1.87. The van der Waals surface area contributed by atoms with Crippen LogP contribution in [0, 0.1) is 5.82 Å². The number of para-hydroxylation sites is 1. The summed E-state index contributed by atoms with van der Waals surface area (Å²) in [6.45, 7) is -0.264. The van der Waals surface area contributed by atoms with Crippen molar-refractivity contribution < 1.29 is 14.2 Å². The Labute approximate surface area is 92.9 Å². The van der Waals surface area contributed by atoms with E-state index in [0.717, 1.165) is 0 Å². The van der Waals surface area contributed by atoms with Crippen molar-refractivity contribution in [3.8, 4) is 11.5 Å². The summed E-state index contributed by atoms with van der Waals surface area (Å²) in [5.74, 6) is 0.287. The summed E-state index contributed by atoms with van der Waals surface area (Å²) in [5, 5.41) is 10.6. The van der Waals surface area contributed by atoms with Crippen LogP contribution in [0.2, 0.25) is 0 Å². The van der Waals surface area contributed by atoms with Crippen molar-refractivity contribution in [2.45, 2.75) is 6.61 Å². The van der Waals surface area contributed by atoms with Crippen LogP contribution in [-0.2, 0) is 11.7 Å². The molecule has 1 radical (unpaired) electrons. The molecular weight excluding hydrogens is 207 g/mol. The molecule has 0 saturated carbocycles. The van der Waals surface area contributed by atoms with Crippen LogP contribution in [0.25, 0.3) is 0 Å². The quantitative estimate of drug-likeness (QED) is 0.772. The van der Waals surface area contributed by atoms with Crippen molar-refractivity contribution in [1.29, 1.82) is 0 Å². The molecule has 0 fully saturated rings. The van der Waals surface area contributed by atoms with Gasteiger partial charge in [0.25, 0.3) is 0 Å². The van der Waals surface area contributed by atoms with Crippen LogP contribution < -0.4 is 4.74 Å². The van der Waals surface area contributed by atoms with Crippen LogP contribution in [0.1, 0.15) is 5.56 Å². The maximum Gasteiger partial charge on any atom is 0.165 e. The molecule has 0 heterocycles. The predicted molar refractivity (Wildman–Crippen MR) is 57.3 cm³/mol. The summed E-state index contributed by atoms with van der Waals surface area (Å²) in [6, 6.07) is 12.8. The molecule has 3 heteroatoms. The van der Waals surface area contributed by atoms with E-state index in [9.17, 15) is 9.50 Å². The number of hydrogen-bond donors (Lipinski definition) is 0. The fourth-order valence-corrected chi connectivity index (χ4v) is 1.31. The van der Waals surface area contributed by atoms with E-state index in [2.05, 4.69) is 0 Å². The molecule has 0 aliphatic heterocycles. The first-order valence-corrected chi connectivity index (χ1v) is 4.89. The van der Waals surface area contributed by atoms with Crippen molar-refractivity contribution in [2.75, 3.05) is 0 Å². The highest BCUT2D eigenvalue weighted by molar-refractivity contribution is 5.33. The zero-order valence-electron chi connectivity index (χ0n) is 8.52. The fourth-order valence-electron chi connectivity index (χ4n) is 1.31. The van der Waals surface area contributed by atoms with Gasteiger partial charge in [-0.25, -0.2) is 9.50 Å². The van der Waals surface area contributed by atoms with Gasteiger partial charge in [-0.2, -0.15) is 0 Å². The smallest absolute Gasteiger partial charge is 0.165 e. The SMILES string of the molecule is [O]Cc1ccc(Oc2ccccc2F)cc1. The lowest BCUT2D eigenvalue weighted by atomic mass is 10.2. The van der Waals surface area contributed by atoms with Gasteiger partial charge in [0, 0.05) is 0 Å². The van der Waals surface area contributed by atoms with E-state index >= 15 is 0 Å². The van der Waals surface area contributed by atoms with Crippen molar-refractivity contribution in [3.63, 3.8) is 0 Å². The van der Waals surface area contributed by atoms with Gasteiger partial charge in [-0.1, -0.05) is 24.3 Å². The van der Waals surface area contributed by atoms with Crippen LogP contribution in [0.15, 0.2) is 48.5 Å². The van der Waals surface area contributed by atoms with Crippen LogP contribution in [0.4, 0.5) is 4.39 Å². The topological polar surface area (TPSA) is 29.1 Å². The standard InChI is InChI=1S/C13H10FO2/c14-12-3-1-2-4-13(12)16-11-7-5-10(9-15)6-8-11/h1-8H,9H2. The lowest BCUT2D eigenvalue weighted by Gasteiger charge is -2.06. The lowest BCUT2D eigenvalue weighted by molar-refractivity contribution is 0.177. The molecule has 0 aliphatic carbocycles. The summed E-state index contributed by atoms with van der Waals surface area (Å²) in [6.07, 6.45) is 0. The third-order valence-electron chi connectivity index (χ3n) is 2.15. The monoisotopic (exact) mass is 217 g/mol. The Balaban J connectivity index is 2.18. The minimum absolute atomic E-state index is 0.178. The van der Waals surface area contributed by atoms with E-state index in [1.54, 1.807) is 42.5 Å². The van der Waals surface area contributed by atoms with Gasteiger partial charge in [0.15, 0.2) is 11.6 Å². The molecule has 2 nitrogen and oxygen atoms in total. The average Bonchev–Trinajstić information content (AvgIpc) is 2.33. The molecule has 0 spiro atoms. The molecule has 0 atom stereocenters. The summed E-state index contributed by atoms with van der Waals surface area (Å²) < 4.78 is 18.6. The third-order valence-corrected chi connectivity index (χ3v) is 2.15. The molecule has 0 bridgehead atoms. The maximum absolute atomic E-state index is 13.2. The minimum Gasteiger partial charge on any atom is -0.454 e. The average molecular weight is 217 g/mol. The molecular formula is C13H10FO2. The van der Waals surface area contributed by atoms with Crippen molar-refractivity contribution in [1.82, 2.24) is 0 Å². The van der Waals surface area contributed by atoms with Crippen LogP contribution in [0.3, 0.4) is 0 Å². The molecule has 0 saturated heterocycles.